The van der Waals surface area contributed by atoms with Crippen LogP contribution in [0.4, 0.5) is 5.69 Å². The van der Waals surface area contributed by atoms with Crippen molar-refractivity contribution >= 4 is 34.2 Å². The van der Waals surface area contributed by atoms with Gasteiger partial charge >= 0.3 is 0 Å². The molecule has 0 N–H and O–H groups in total. The molecule has 0 saturated heterocycles. The highest BCUT2D eigenvalue weighted by molar-refractivity contribution is 14.1. The lowest BCUT2D eigenvalue weighted by Gasteiger charge is -2.30. The van der Waals surface area contributed by atoms with E-state index in [0.717, 1.165) is 22.8 Å². The summed E-state index contributed by atoms with van der Waals surface area (Å²) in [5.41, 5.74) is 1.91. The smallest absolute Gasteiger partial charge is 0.252 e. The highest BCUT2D eigenvalue weighted by atomic mass is 127. The van der Waals surface area contributed by atoms with E-state index in [1.807, 2.05) is 54.6 Å². The quantitative estimate of drug-likeness (QED) is 0.334. The number of nitrogens with zero attached hydrogens (tertiary/aromatic N) is 1. The summed E-state index contributed by atoms with van der Waals surface area (Å²) in [6, 6.07) is 21.1. The van der Waals surface area contributed by atoms with Gasteiger partial charge < -0.3 is 9.15 Å². The van der Waals surface area contributed by atoms with E-state index in [0.29, 0.717) is 6.42 Å². The molecule has 3 rings (SSSR count). The molecule has 138 valence electrons. The van der Waals surface area contributed by atoms with Gasteiger partial charge in [-0.1, -0.05) is 52.9 Å². The number of halogens is 1. The van der Waals surface area contributed by atoms with Crippen LogP contribution in [0.15, 0.2) is 87.6 Å². The highest BCUT2D eigenvalue weighted by Gasteiger charge is 2.28. The summed E-state index contributed by atoms with van der Waals surface area (Å²) < 4.78 is 12.7. The Hall–Kier alpha value is -2.54. The SMILES string of the molecule is COc1ccc(N(C(=O)/C=C\I)C(Cc2ccccc2)c2ccco2)cc1. The van der Waals surface area contributed by atoms with Crippen molar-refractivity contribution in [3.05, 3.63) is 94.5 Å². The Bertz CT molecular complexity index is 874. The van der Waals surface area contributed by atoms with E-state index in [9.17, 15) is 4.79 Å². The molecule has 0 bridgehead atoms. The van der Waals surface area contributed by atoms with Gasteiger partial charge in [-0.15, -0.1) is 0 Å². The molecular weight excluding hydrogens is 453 g/mol. The Morgan fingerprint density at radius 1 is 1.11 bits per heavy atom. The standard InChI is InChI=1S/C22H20INO3/c1-26-19-11-9-18(10-12-19)24(22(25)13-14-23)20(21-8-5-15-27-21)16-17-6-3-2-4-7-17/h2-15,20H,16H2,1H3/b14-13-. The van der Waals surface area contributed by atoms with Crippen molar-refractivity contribution in [3.63, 3.8) is 0 Å². The second-order valence-electron chi connectivity index (χ2n) is 5.92. The van der Waals surface area contributed by atoms with Gasteiger partial charge in [0.1, 0.15) is 11.5 Å². The molecule has 0 saturated carbocycles. The Morgan fingerprint density at radius 2 is 1.85 bits per heavy atom. The van der Waals surface area contributed by atoms with Gasteiger partial charge in [0, 0.05) is 18.2 Å². The van der Waals surface area contributed by atoms with Crippen molar-refractivity contribution in [3.8, 4) is 5.75 Å². The topological polar surface area (TPSA) is 42.7 Å². The van der Waals surface area contributed by atoms with Gasteiger partial charge in [-0.2, -0.15) is 0 Å². The Balaban J connectivity index is 2.04. The van der Waals surface area contributed by atoms with Crippen molar-refractivity contribution in [1.29, 1.82) is 0 Å². The van der Waals surface area contributed by atoms with Gasteiger partial charge in [-0.25, -0.2) is 0 Å². The monoisotopic (exact) mass is 473 g/mol. The average Bonchev–Trinajstić information content (AvgIpc) is 3.24. The first-order valence-corrected chi connectivity index (χ1v) is 9.79. The summed E-state index contributed by atoms with van der Waals surface area (Å²) >= 11 is 2.06. The second-order valence-corrected chi connectivity index (χ2v) is 6.64. The zero-order valence-electron chi connectivity index (χ0n) is 14.9. The minimum Gasteiger partial charge on any atom is -0.497 e. The summed E-state index contributed by atoms with van der Waals surface area (Å²) in [6.07, 6.45) is 3.84. The summed E-state index contributed by atoms with van der Waals surface area (Å²) in [5.74, 6) is 1.38. The molecule has 0 radical (unpaired) electrons. The van der Waals surface area contributed by atoms with Gasteiger partial charge in [0.2, 0.25) is 0 Å². The van der Waals surface area contributed by atoms with Gasteiger partial charge in [-0.3, -0.25) is 9.69 Å². The van der Waals surface area contributed by atoms with E-state index in [2.05, 4.69) is 34.7 Å². The molecule has 0 aliphatic carbocycles. The normalized spacial score (nSPS) is 12.1. The van der Waals surface area contributed by atoms with Gasteiger partial charge in [0.05, 0.1) is 19.4 Å². The maximum absolute atomic E-state index is 13.0. The lowest BCUT2D eigenvalue weighted by Crippen LogP contribution is -2.34. The van der Waals surface area contributed by atoms with Crippen LogP contribution in [0.1, 0.15) is 17.4 Å². The number of amides is 1. The lowest BCUT2D eigenvalue weighted by atomic mass is 10.0. The Kier molecular flexibility index (Phi) is 6.70. The molecule has 27 heavy (non-hydrogen) atoms. The fraction of sp³-hybridized carbons (Fsp3) is 0.136. The molecule has 0 spiro atoms. The molecule has 2 aromatic carbocycles. The third-order valence-corrected chi connectivity index (χ3v) is 4.61. The molecule has 1 heterocycles. The number of methoxy groups -OCH3 is 1. The summed E-state index contributed by atoms with van der Waals surface area (Å²) in [6.45, 7) is 0. The Labute approximate surface area is 172 Å². The maximum Gasteiger partial charge on any atom is 0.252 e. The van der Waals surface area contributed by atoms with E-state index < -0.39 is 0 Å². The number of carbonyl (C=O) groups excluding carboxylic acids is 1. The number of anilines is 1. The number of carbonyl (C=O) groups is 1. The Morgan fingerprint density at radius 3 is 2.44 bits per heavy atom. The molecule has 5 heteroatoms. The number of rotatable bonds is 7. The summed E-state index contributed by atoms with van der Waals surface area (Å²) in [4.78, 5) is 14.8. The number of ether oxygens (including phenoxy) is 1. The molecule has 1 aromatic heterocycles. The van der Waals surface area contributed by atoms with Crippen molar-refractivity contribution in [2.75, 3.05) is 12.0 Å². The van der Waals surface area contributed by atoms with Crippen molar-refractivity contribution in [2.24, 2.45) is 0 Å². The van der Waals surface area contributed by atoms with Gasteiger partial charge in [0.25, 0.3) is 5.91 Å². The van der Waals surface area contributed by atoms with E-state index in [1.54, 1.807) is 28.4 Å². The van der Waals surface area contributed by atoms with Crippen LogP contribution in [-0.4, -0.2) is 13.0 Å². The zero-order chi connectivity index (χ0) is 19.1. The minimum absolute atomic E-state index is 0.105. The average molecular weight is 473 g/mol. The molecule has 0 aliphatic rings. The van der Waals surface area contributed by atoms with Crippen LogP contribution in [-0.2, 0) is 11.2 Å². The second kappa shape index (κ2) is 9.41. The highest BCUT2D eigenvalue weighted by Crippen LogP contribution is 2.32. The molecule has 1 atom stereocenters. The fourth-order valence-electron chi connectivity index (χ4n) is 2.98. The van der Waals surface area contributed by atoms with Gasteiger partial charge in [0.15, 0.2) is 0 Å². The molecule has 0 aliphatic heterocycles. The first-order valence-electron chi connectivity index (χ1n) is 8.54. The van der Waals surface area contributed by atoms with Crippen LogP contribution in [0, 0.1) is 0 Å². The van der Waals surface area contributed by atoms with Crippen LogP contribution in [0.5, 0.6) is 5.75 Å². The van der Waals surface area contributed by atoms with Crippen LogP contribution >= 0.6 is 22.6 Å². The molecule has 1 unspecified atom stereocenters. The molecule has 4 nitrogen and oxygen atoms in total. The zero-order valence-corrected chi connectivity index (χ0v) is 17.1. The minimum atomic E-state index is -0.268. The lowest BCUT2D eigenvalue weighted by molar-refractivity contribution is -0.114. The number of hydrogen-bond donors (Lipinski definition) is 0. The van der Waals surface area contributed by atoms with Crippen LogP contribution in [0.25, 0.3) is 0 Å². The fourth-order valence-corrected chi connectivity index (χ4v) is 3.28. The predicted molar refractivity (Wildman–Crippen MR) is 115 cm³/mol. The number of furan rings is 1. The first kappa shape index (κ1) is 19.2. The van der Waals surface area contributed by atoms with Crippen molar-refractivity contribution in [1.82, 2.24) is 0 Å². The third-order valence-electron chi connectivity index (χ3n) is 4.25. The van der Waals surface area contributed by atoms with E-state index in [1.165, 1.54) is 0 Å². The summed E-state index contributed by atoms with van der Waals surface area (Å²) in [7, 11) is 1.62. The van der Waals surface area contributed by atoms with E-state index >= 15 is 0 Å². The van der Waals surface area contributed by atoms with Crippen molar-refractivity contribution in [2.45, 2.75) is 12.5 Å². The molecule has 1 amide bonds. The maximum atomic E-state index is 13.0. The predicted octanol–water partition coefficient (Wildman–Crippen LogP) is 5.55. The molecular formula is C22H20INO3. The van der Waals surface area contributed by atoms with Crippen LogP contribution in [0.3, 0.4) is 0 Å². The summed E-state index contributed by atoms with van der Waals surface area (Å²) in [5, 5.41) is 0. The van der Waals surface area contributed by atoms with Gasteiger partial charge in [-0.05, 0) is 46.0 Å². The first-order chi connectivity index (χ1) is 13.2. The van der Waals surface area contributed by atoms with Crippen molar-refractivity contribution < 1.29 is 13.9 Å². The number of hydrogen-bond acceptors (Lipinski definition) is 3. The van der Waals surface area contributed by atoms with Crippen LogP contribution in [0.2, 0.25) is 0 Å². The van der Waals surface area contributed by atoms with E-state index in [4.69, 9.17) is 9.15 Å². The molecule has 3 aromatic rings. The molecule has 0 fully saturated rings. The third kappa shape index (κ3) is 4.80. The van der Waals surface area contributed by atoms with E-state index in [-0.39, 0.29) is 11.9 Å². The van der Waals surface area contributed by atoms with Crippen LogP contribution < -0.4 is 9.64 Å². The number of benzene rings is 2. The largest absolute Gasteiger partial charge is 0.497 e.